The molecule has 5 nitrogen and oxygen atoms in total. The van der Waals surface area contributed by atoms with Gasteiger partial charge in [0.2, 0.25) is 5.91 Å². The van der Waals surface area contributed by atoms with E-state index in [2.05, 4.69) is 9.88 Å². The SMILES string of the molecule is O=C(CN1CCCCC1)N1CCc2[nH]c(=O)c3ccccc3c2C1. The number of benzene rings is 1. The molecule has 1 aromatic heterocycles. The number of aromatic nitrogens is 1. The zero-order chi connectivity index (χ0) is 16.5. The number of aromatic amines is 1. The molecule has 1 amide bonds. The maximum atomic E-state index is 12.7. The van der Waals surface area contributed by atoms with Gasteiger partial charge < -0.3 is 9.88 Å². The van der Waals surface area contributed by atoms with Gasteiger partial charge >= 0.3 is 0 Å². The third kappa shape index (κ3) is 2.84. The number of fused-ring (bicyclic) bond motifs is 3. The summed E-state index contributed by atoms with van der Waals surface area (Å²) in [6.45, 7) is 3.88. The number of carbonyl (C=O) groups excluding carboxylic acids is 1. The number of carbonyl (C=O) groups is 1. The average Bonchev–Trinajstić information content (AvgIpc) is 2.62. The predicted octanol–water partition coefficient (Wildman–Crippen LogP) is 1.90. The zero-order valence-electron chi connectivity index (χ0n) is 13.9. The number of likely N-dealkylation sites (tertiary alicyclic amines) is 1. The summed E-state index contributed by atoms with van der Waals surface area (Å²) in [5.74, 6) is 0.206. The van der Waals surface area contributed by atoms with Gasteiger partial charge in [0.25, 0.3) is 5.56 Å². The molecule has 2 aliphatic rings. The summed E-state index contributed by atoms with van der Waals surface area (Å²) in [6.07, 6.45) is 4.40. The van der Waals surface area contributed by atoms with Crippen LogP contribution in [0.5, 0.6) is 0 Å². The van der Waals surface area contributed by atoms with Crippen molar-refractivity contribution in [3.05, 3.63) is 45.9 Å². The number of piperidine rings is 1. The minimum Gasteiger partial charge on any atom is -0.337 e. The van der Waals surface area contributed by atoms with Crippen LogP contribution in [-0.2, 0) is 17.8 Å². The van der Waals surface area contributed by atoms with Gasteiger partial charge in [-0.25, -0.2) is 0 Å². The Morgan fingerprint density at radius 3 is 2.58 bits per heavy atom. The lowest BCUT2D eigenvalue weighted by atomic mass is 9.99. The van der Waals surface area contributed by atoms with Gasteiger partial charge in [-0.3, -0.25) is 14.5 Å². The van der Waals surface area contributed by atoms with Crippen LogP contribution < -0.4 is 5.56 Å². The van der Waals surface area contributed by atoms with Crippen molar-refractivity contribution < 1.29 is 4.79 Å². The van der Waals surface area contributed by atoms with E-state index in [1.807, 2.05) is 29.2 Å². The van der Waals surface area contributed by atoms with E-state index < -0.39 is 0 Å². The third-order valence-corrected chi connectivity index (χ3v) is 5.27. The quantitative estimate of drug-likeness (QED) is 0.917. The van der Waals surface area contributed by atoms with Crippen LogP contribution in [0.3, 0.4) is 0 Å². The molecule has 0 radical (unpaired) electrons. The van der Waals surface area contributed by atoms with Crippen molar-refractivity contribution in [3.8, 4) is 0 Å². The van der Waals surface area contributed by atoms with E-state index in [4.69, 9.17) is 0 Å². The first-order valence-electron chi connectivity index (χ1n) is 8.85. The molecule has 5 heteroatoms. The number of nitrogens with one attached hydrogen (secondary N) is 1. The Morgan fingerprint density at radius 1 is 1.04 bits per heavy atom. The Hall–Kier alpha value is -2.14. The van der Waals surface area contributed by atoms with Gasteiger partial charge in [-0.05, 0) is 42.9 Å². The summed E-state index contributed by atoms with van der Waals surface area (Å²) in [5, 5.41) is 1.69. The number of hydrogen-bond acceptors (Lipinski definition) is 3. The highest BCUT2D eigenvalue weighted by Gasteiger charge is 2.25. The van der Waals surface area contributed by atoms with Crippen molar-refractivity contribution in [2.75, 3.05) is 26.2 Å². The molecular formula is C19H23N3O2. The van der Waals surface area contributed by atoms with Crippen molar-refractivity contribution in [2.45, 2.75) is 32.2 Å². The van der Waals surface area contributed by atoms with E-state index in [1.165, 1.54) is 19.3 Å². The minimum absolute atomic E-state index is 0.0301. The standard InChI is InChI=1S/C19H23N3O2/c23-18(13-21-9-4-1-5-10-21)22-11-8-17-16(12-22)14-6-2-3-7-15(14)19(24)20-17/h2-3,6-7H,1,4-5,8-13H2,(H,20,24). The molecule has 0 bridgehead atoms. The lowest BCUT2D eigenvalue weighted by molar-refractivity contribution is -0.133. The topological polar surface area (TPSA) is 56.4 Å². The molecule has 0 atom stereocenters. The van der Waals surface area contributed by atoms with E-state index in [0.717, 1.165) is 36.2 Å². The summed E-state index contributed by atoms with van der Waals surface area (Å²) < 4.78 is 0. The van der Waals surface area contributed by atoms with E-state index in [1.54, 1.807) is 0 Å². The first-order valence-corrected chi connectivity index (χ1v) is 8.85. The van der Waals surface area contributed by atoms with Gasteiger partial charge in [0.1, 0.15) is 0 Å². The average molecular weight is 325 g/mol. The molecule has 2 aliphatic heterocycles. The summed E-state index contributed by atoms with van der Waals surface area (Å²) in [6, 6.07) is 7.67. The molecule has 1 N–H and O–H groups in total. The molecule has 0 aliphatic carbocycles. The van der Waals surface area contributed by atoms with Gasteiger partial charge in [0.15, 0.2) is 0 Å². The van der Waals surface area contributed by atoms with Crippen LogP contribution >= 0.6 is 0 Å². The van der Waals surface area contributed by atoms with Crippen LogP contribution in [0.15, 0.2) is 29.1 Å². The Morgan fingerprint density at radius 2 is 1.79 bits per heavy atom. The fraction of sp³-hybridized carbons (Fsp3) is 0.474. The van der Waals surface area contributed by atoms with E-state index in [9.17, 15) is 9.59 Å². The van der Waals surface area contributed by atoms with Crippen LogP contribution in [0.2, 0.25) is 0 Å². The molecule has 3 heterocycles. The maximum absolute atomic E-state index is 12.7. The lowest BCUT2D eigenvalue weighted by Gasteiger charge is -2.32. The highest BCUT2D eigenvalue weighted by atomic mass is 16.2. The second-order valence-electron chi connectivity index (χ2n) is 6.86. The van der Waals surface area contributed by atoms with Gasteiger partial charge in [-0.1, -0.05) is 24.6 Å². The molecule has 24 heavy (non-hydrogen) atoms. The second-order valence-corrected chi connectivity index (χ2v) is 6.86. The van der Waals surface area contributed by atoms with E-state index >= 15 is 0 Å². The smallest absolute Gasteiger partial charge is 0.256 e. The minimum atomic E-state index is -0.0301. The van der Waals surface area contributed by atoms with Crippen LogP contribution in [0.25, 0.3) is 10.8 Å². The zero-order valence-corrected chi connectivity index (χ0v) is 13.9. The Bertz CT molecular complexity index is 821. The number of rotatable bonds is 2. The summed E-state index contributed by atoms with van der Waals surface area (Å²) in [7, 11) is 0. The van der Waals surface area contributed by atoms with Gasteiger partial charge in [-0.15, -0.1) is 0 Å². The van der Waals surface area contributed by atoms with E-state index in [0.29, 0.717) is 25.0 Å². The van der Waals surface area contributed by atoms with Crippen molar-refractivity contribution in [1.29, 1.82) is 0 Å². The number of hydrogen-bond donors (Lipinski definition) is 1. The fourth-order valence-corrected chi connectivity index (χ4v) is 3.92. The molecule has 2 aromatic rings. The second kappa shape index (κ2) is 6.40. The number of pyridine rings is 1. The first-order chi connectivity index (χ1) is 11.7. The number of nitrogens with zero attached hydrogens (tertiary/aromatic N) is 2. The highest BCUT2D eigenvalue weighted by Crippen LogP contribution is 2.24. The molecule has 0 unspecified atom stereocenters. The maximum Gasteiger partial charge on any atom is 0.256 e. The lowest BCUT2D eigenvalue weighted by Crippen LogP contribution is -2.44. The molecule has 0 saturated carbocycles. The third-order valence-electron chi connectivity index (χ3n) is 5.27. The van der Waals surface area contributed by atoms with E-state index in [-0.39, 0.29) is 11.5 Å². The molecule has 1 saturated heterocycles. The van der Waals surface area contributed by atoms with Crippen LogP contribution in [-0.4, -0.2) is 46.9 Å². The van der Waals surface area contributed by atoms with Crippen molar-refractivity contribution >= 4 is 16.7 Å². The van der Waals surface area contributed by atoms with Crippen molar-refractivity contribution in [2.24, 2.45) is 0 Å². The summed E-state index contributed by atoms with van der Waals surface area (Å²) in [4.78, 5) is 32.1. The molecule has 1 aromatic carbocycles. The Kier molecular flexibility index (Phi) is 4.10. The van der Waals surface area contributed by atoms with Crippen molar-refractivity contribution in [3.63, 3.8) is 0 Å². The summed E-state index contributed by atoms with van der Waals surface area (Å²) in [5.41, 5.74) is 2.06. The first kappa shape index (κ1) is 15.4. The van der Waals surface area contributed by atoms with Crippen LogP contribution in [0.1, 0.15) is 30.5 Å². The summed E-state index contributed by atoms with van der Waals surface area (Å²) >= 11 is 0. The fourth-order valence-electron chi connectivity index (χ4n) is 3.92. The molecule has 0 spiro atoms. The number of H-pyrrole nitrogens is 1. The molecule has 4 rings (SSSR count). The normalized spacial score (nSPS) is 18.6. The van der Waals surface area contributed by atoms with Crippen LogP contribution in [0, 0.1) is 0 Å². The Labute approximate surface area is 141 Å². The van der Waals surface area contributed by atoms with Crippen LogP contribution in [0.4, 0.5) is 0 Å². The largest absolute Gasteiger partial charge is 0.337 e. The van der Waals surface area contributed by atoms with Crippen molar-refractivity contribution in [1.82, 2.24) is 14.8 Å². The van der Waals surface area contributed by atoms with Gasteiger partial charge in [0.05, 0.1) is 6.54 Å². The highest BCUT2D eigenvalue weighted by molar-refractivity contribution is 5.86. The monoisotopic (exact) mass is 325 g/mol. The molecule has 126 valence electrons. The predicted molar refractivity (Wildman–Crippen MR) is 94.0 cm³/mol. The Balaban J connectivity index is 1.57. The molecule has 1 fully saturated rings. The van der Waals surface area contributed by atoms with Gasteiger partial charge in [-0.2, -0.15) is 0 Å². The number of amides is 1. The molecular weight excluding hydrogens is 302 g/mol. The van der Waals surface area contributed by atoms with Gasteiger partial charge in [0, 0.05) is 30.6 Å².